The Morgan fingerprint density at radius 2 is 2.29 bits per heavy atom. The van der Waals surface area contributed by atoms with Crippen LogP contribution in [0.1, 0.15) is 12.2 Å². The first-order chi connectivity index (χ1) is 8.22. The fourth-order valence-electron chi connectivity index (χ4n) is 1.64. The maximum atomic E-state index is 13.1. The van der Waals surface area contributed by atoms with Gasteiger partial charge in [0.15, 0.2) is 0 Å². The van der Waals surface area contributed by atoms with E-state index in [1.54, 1.807) is 12.1 Å². The Hall–Kier alpha value is -1.95. The second kappa shape index (κ2) is 4.92. The number of benzene rings is 1. The molecule has 0 aliphatic heterocycles. The van der Waals surface area contributed by atoms with Crippen LogP contribution >= 0.6 is 0 Å². The van der Waals surface area contributed by atoms with Crippen LogP contribution in [0.2, 0.25) is 0 Å². The molecule has 0 radical (unpaired) electrons. The summed E-state index contributed by atoms with van der Waals surface area (Å²) in [7, 11) is 0. The second-order valence-corrected chi connectivity index (χ2v) is 3.65. The van der Waals surface area contributed by atoms with Crippen molar-refractivity contribution in [3.05, 3.63) is 46.4 Å². The zero-order valence-corrected chi connectivity index (χ0v) is 9.19. The summed E-state index contributed by atoms with van der Waals surface area (Å²) in [6.07, 6.45) is 1.30. The summed E-state index contributed by atoms with van der Waals surface area (Å²) >= 11 is 0. The Morgan fingerprint density at radius 1 is 1.47 bits per heavy atom. The summed E-state index contributed by atoms with van der Waals surface area (Å²) in [6.45, 7) is 0.518. The van der Waals surface area contributed by atoms with Gasteiger partial charge in [0.1, 0.15) is 11.6 Å². The molecule has 0 aliphatic carbocycles. The van der Waals surface area contributed by atoms with E-state index in [2.05, 4.69) is 10.2 Å². The highest BCUT2D eigenvalue weighted by Crippen LogP contribution is 2.09. The normalized spacial score (nSPS) is 10.7. The van der Waals surface area contributed by atoms with E-state index in [4.69, 9.17) is 5.73 Å². The summed E-state index contributed by atoms with van der Waals surface area (Å²) in [5, 5.41) is 6.26. The minimum absolute atomic E-state index is 0.373. The van der Waals surface area contributed by atoms with Crippen LogP contribution in [0.5, 0.6) is 0 Å². The molecule has 5 nitrogen and oxygen atoms in total. The summed E-state index contributed by atoms with van der Waals surface area (Å²) in [4.78, 5) is 11.6. The lowest BCUT2D eigenvalue weighted by Crippen LogP contribution is -2.17. The SMILES string of the molecule is NCCCc1n[nH]c(=O)n1-c1cccc(F)c1. The Balaban J connectivity index is 2.43. The molecule has 0 saturated heterocycles. The molecule has 0 unspecified atom stereocenters. The predicted molar refractivity (Wildman–Crippen MR) is 61.5 cm³/mol. The first-order valence-corrected chi connectivity index (χ1v) is 5.34. The van der Waals surface area contributed by atoms with Crippen LogP contribution in [0.25, 0.3) is 5.69 Å². The van der Waals surface area contributed by atoms with Gasteiger partial charge in [-0.1, -0.05) is 6.07 Å². The van der Waals surface area contributed by atoms with Gasteiger partial charge >= 0.3 is 5.69 Å². The van der Waals surface area contributed by atoms with Crippen LogP contribution in [-0.2, 0) is 6.42 Å². The molecular weight excluding hydrogens is 223 g/mol. The number of aryl methyl sites for hydroxylation is 1. The highest BCUT2D eigenvalue weighted by molar-refractivity contribution is 5.32. The zero-order chi connectivity index (χ0) is 12.3. The van der Waals surface area contributed by atoms with Gasteiger partial charge in [-0.2, -0.15) is 5.10 Å². The first-order valence-electron chi connectivity index (χ1n) is 5.34. The number of aromatic amines is 1. The number of nitrogens with zero attached hydrogens (tertiary/aromatic N) is 2. The maximum absolute atomic E-state index is 13.1. The van der Waals surface area contributed by atoms with Crippen LogP contribution in [0, 0.1) is 5.82 Å². The minimum Gasteiger partial charge on any atom is -0.330 e. The minimum atomic E-state index is -0.389. The second-order valence-electron chi connectivity index (χ2n) is 3.65. The third kappa shape index (κ3) is 2.42. The molecule has 1 heterocycles. The molecule has 2 aromatic rings. The van der Waals surface area contributed by atoms with E-state index in [1.807, 2.05) is 0 Å². The molecule has 0 bridgehead atoms. The molecule has 6 heteroatoms. The van der Waals surface area contributed by atoms with Gasteiger partial charge in [-0.05, 0) is 31.2 Å². The lowest BCUT2D eigenvalue weighted by atomic mass is 10.2. The van der Waals surface area contributed by atoms with Crippen molar-refractivity contribution in [1.82, 2.24) is 14.8 Å². The largest absolute Gasteiger partial charge is 0.347 e. The number of halogens is 1. The van der Waals surface area contributed by atoms with Crippen molar-refractivity contribution < 1.29 is 4.39 Å². The standard InChI is InChI=1S/C11H13FN4O/c12-8-3-1-4-9(7-8)16-10(5-2-6-13)14-15-11(16)17/h1,3-4,7H,2,5-6,13H2,(H,15,17). The molecule has 0 spiro atoms. The lowest BCUT2D eigenvalue weighted by Gasteiger charge is -2.04. The van der Waals surface area contributed by atoms with Crippen molar-refractivity contribution in [1.29, 1.82) is 0 Å². The molecule has 0 saturated carbocycles. The smallest absolute Gasteiger partial charge is 0.330 e. The fourth-order valence-corrected chi connectivity index (χ4v) is 1.64. The first kappa shape index (κ1) is 11.5. The fraction of sp³-hybridized carbons (Fsp3) is 0.273. The van der Waals surface area contributed by atoms with Gasteiger partial charge in [0.05, 0.1) is 5.69 Å². The number of H-pyrrole nitrogens is 1. The monoisotopic (exact) mass is 236 g/mol. The Kier molecular flexibility index (Phi) is 3.34. The molecule has 0 amide bonds. The molecule has 90 valence electrons. The summed E-state index contributed by atoms with van der Waals surface area (Å²) in [5.41, 5.74) is 5.51. The van der Waals surface area contributed by atoms with Crippen LogP contribution in [-0.4, -0.2) is 21.3 Å². The van der Waals surface area contributed by atoms with Crippen LogP contribution in [0.4, 0.5) is 4.39 Å². The van der Waals surface area contributed by atoms with Crippen molar-refractivity contribution in [3.8, 4) is 5.69 Å². The maximum Gasteiger partial charge on any atom is 0.347 e. The van der Waals surface area contributed by atoms with Crippen LogP contribution in [0.3, 0.4) is 0 Å². The average molecular weight is 236 g/mol. The summed E-state index contributed by atoms with van der Waals surface area (Å²) < 4.78 is 14.5. The van der Waals surface area contributed by atoms with Gasteiger partial charge in [0, 0.05) is 6.42 Å². The quantitative estimate of drug-likeness (QED) is 0.815. The van der Waals surface area contributed by atoms with Crippen LogP contribution in [0.15, 0.2) is 29.1 Å². The predicted octanol–water partition coefficient (Wildman–Crippen LogP) is 0.591. The van der Waals surface area contributed by atoms with Gasteiger partial charge in [0.25, 0.3) is 0 Å². The van der Waals surface area contributed by atoms with Crippen molar-refractivity contribution in [2.24, 2.45) is 5.73 Å². The average Bonchev–Trinajstić information content (AvgIpc) is 2.68. The number of aromatic nitrogens is 3. The Morgan fingerprint density at radius 3 is 3.00 bits per heavy atom. The zero-order valence-electron chi connectivity index (χ0n) is 9.19. The molecule has 2 rings (SSSR count). The Labute approximate surface area is 97.1 Å². The number of rotatable bonds is 4. The van der Waals surface area contributed by atoms with Gasteiger partial charge in [-0.15, -0.1) is 0 Å². The third-order valence-corrected chi connectivity index (χ3v) is 2.41. The summed E-state index contributed by atoms with van der Waals surface area (Å²) in [5.74, 6) is 0.173. The number of nitrogens with one attached hydrogen (secondary N) is 1. The van der Waals surface area contributed by atoms with E-state index in [-0.39, 0.29) is 11.5 Å². The molecule has 0 aliphatic rings. The van der Waals surface area contributed by atoms with Crippen LogP contribution < -0.4 is 11.4 Å². The number of hydrogen-bond acceptors (Lipinski definition) is 3. The van der Waals surface area contributed by atoms with E-state index in [1.165, 1.54) is 16.7 Å². The molecule has 1 aromatic heterocycles. The van der Waals surface area contributed by atoms with Crippen molar-refractivity contribution in [2.75, 3.05) is 6.54 Å². The van der Waals surface area contributed by atoms with Gasteiger partial charge in [-0.25, -0.2) is 18.9 Å². The number of nitrogens with two attached hydrogens (primary N) is 1. The van der Waals surface area contributed by atoms with E-state index in [0.717, 1.165) is 6.42 Å². The molecule has 3 N–H and O–H groups in total. The summed E-state index contributed by atoms with van der Waals surface area (Å²) in [6, 6.07) is 5.83. The van der Waals surface area contributed by atoms with Crippen molar-refractivity contribution in [3.63, 3.8) is 0 Å². The van der Waals surface area contributed by atoms with Gasteiger partial charge < -0.3 is 5.73 Å². The third-order valence-electron chi connectivity index (χ3n) is 2.41. The highest BCUT2D eigenvalue weighted by atomic mass is 19.1. The van der Waals surface area contributed by atoms with E-state index >= 15 is 0 Å². The topological polar surface area (TPSA) is 76.7 Å². The highest BCUT2D eigenvalue weighted by Gasteiger charge is 2.10. The Bertz CT molecular complexity index is 561. The number of hydrogen-bond donors (Lipinski definition) is 2. The molecular formula is C11H13FN4O. The van der Waals surface area contributed by atoms with Gasteiger partial charge in [-0.3, -0.25) is 0 Å². The van der Waals surface area contributed by atoms with E-state index in [0.29, 0.717) is 24.5 Å². The van der Waals surface area contributed by atoms with E-state index < -0.39 is 0 Å². The molecule has 0 fully saturated rings. The van der Waals surface area contributed by atoms with E-state index in [9.17, 15) is 9.18 Å². The molecule has 0 atom stereocenters. The van der Waals surface area contributed by atoms with Crippen molar-refractivity contribution in [2.45, 2.75) is 12.8 Å². The molecule has 17 heavy (non-hydrogen) atoms. The van der Waals surface area contributed by atoms with Crippen molar-refractivity contribution >= 4 is 0 Å². The van der Waals surface area contributed by atoms with Gasteiger partial charge in [0.2, 0.25) is 0 Å². The lowest BCUT2D eigenvalue weighted by molar-refractivity contribution is 0.625. The molecule has 1 aromatic carbocycles.